The lowest BCUT2D eigenvalue weighted by molar-refractivity contribution is 0.290. The summed E-state index contributed by atoms with van der Waals surface area (Å²) in [5.74, 6) is 1.68. The van der Waals surface area contributed by atoms with Crippen molar-refractivity contribution in [3.63, 3.8) is 0 Å². The van der Waals surface area contributed by atoms with Crippen LogP contribution in [0.3, 0.4) is 0 Å². The van der Waals surface area contributed by atoms with Gasteiger partial charge in [-0.2, -0.15) is 0 Å². The molecule has 0 unspecified atom stereocenters. The van der Waals surface area contributed by atoms with E-state index in [1.165, 1.54) is 64.2 Å². The van der Waals surface area contributed by atoms with Crippen LogP contribution in [0.4, 0.5) is 0 Å². The highest BCUT2D eigenvalue weighted by Crippen LogP contribution is 2.27. The summed E-state index contributed by atoms with van der Waals surface area (Å²) in [5.41, 5.74) is 0. The van der Waals surface area contributed by atoms with Gasteiger partial charge in [0.15, 0.2) is 0 Å². The van der Waals surface area contributed by atoms with Gasteiger partial charge in [-0.25, -0.2) is 0 Å². The van der Waals surface area contributed by atoms with Crippen molar-refractivity contribution in [2.75, 3.05) is 13.2 Å². The lowest BCUT2D eigenvalue weighted by Crippen LogP contribution is -2.00. The first-order valence-corrected chi connectivity index (χ1v) is 10.8. The van der Waals surface area contributed by atoms with E-state index in [1.54, 1.807) is 0 Å². The van der Waals surface area contributed by atoms with Crippen molar-refractivity contribution in [2.24, 2.45) is 0 Å². The summed E-state index contributed by atoms with van der Waals surface area (Å²) in [6.07, 6.45) is 15.3. The maximum absolute atomic E-state index is 5.82. The molecule has 0 heterocycles. The van der Waals surface area contributed by atoms with E-state index in [-0.39, 0.29) is 0 Å². The average molecular weight is 366 g/mol. The third kappa shape index (κ3) is 11.3. The van der Waals surface area contributed by atoms with Gasteiger partial charge in [0.1, 0.15) is 11.5 Å². The molecule has 143 valence electrons. The van der Waals surface area contributed by atoms with E-state index in [0.717, 1.165) is 42.4 Å². The molecule has 2 nitrogen and oxygen atoms in total. The standard InChI is InChI=1S/C22H37O2S/c1-3-5-7-9-11-13-17-23-20-15-16-21(22(25)19-20)24-18-14-12-10-8-6-4-2/h15-16,19H,3-14,17-18H2,1-2H3. The lowest BCUT2D eigenvalue weighted by Gasteiger charge is -2.11. The zero-order valence-electron chi connectivity index (χ0n) is 16.4. The van der Waals surface area contributed by atoms with E-state index in [0.29, 0.717) is 0 Å². The Morgan fingerprint density at radius 1 is 0.680 bits per heavy atom. The van der Waals surface area contributed by atoms with Crippen molar-refractivity contribution in [2.45, 2.75) is 95.8 Å². The van der Waals surface area contributed by atoms with Gasteiger partial charge < -0.3 is 9.47 Å². The van der Waals surface area contributed by atoms with E-state index in [4.69, 9.17) is 22.1 Å². The number of hydrogen-bond donors (Lipinski definition) is 0. The van der Waals surface area contributed by atoms with Gasteiger partial charge >= 0.3 is 0 Å². The Morgan fingerprint density at radius 3 is 1.76 bits per heavy atom. The van der Waals surface area contributed by atoms with Crippen molar-refractivity contribution in [1.82, 2.24) is 0 Å². The molecule has 0 aliphatic carbocycles. The largest absolute Gasteiger partial charge is 0.494 e. The maximum Gasteiger partial charge on any atom is 0.137 e. The molecule has 0 spiro atoms. The molecule has 0 aromatic heterocycles. The summed E-state index contributed by atoms with van der Waals surface area (Å²) in [7, 11) is 0. The number of rotatable bonds is 16. The number of unbranched alkanes of at least 4 members (excludes halogenated alkanes) is 10. The molecule has 0 bridgehead atoms. The van der Waals surface area contributed by atoms with Crippen LogP contribution in [-0.2, 0) is 0 Å². The normalized spacial score (nSPS) is 10.8. The van der Waals surface area contributed by atoms with E-state index in [2.05, 4.69) is 13.8 Å². The number of hydrogen-bond acceptors (Lipinski definition) is 2. The third-order valence-corrected chi connectivity index (χ3v) is 4.76. The third-order valence-electron chi connectivity index (χ3n) is 4.44. The van der Waals surface area contributed by atoms with E-state index >= 15 is 0 Å². The lowest BCUT2D eigenvalue weighted by atomic mass is 10.1. The number of benzene rings is 1. The predicted octanol–water partition coefficient (Wildman–Crippen LogP) is 7.72. The van der Waals surface area contributed by atoms with Gasteiger partial charge in [0, 0.05) is 6.07 Å². The first kappa shape index (κ1) is 22.1. The molecule has 0 saturated heterocycles. The Bertz CT molecular complexity index is 434. The molecule has 3 heteroatoms. The fourth-order valence-corrected chi connectivity index (χ4v) is 3.08. The molecule has 0 amide bonds. The molecule has 0 aliphatic rings. The van der Waals surface area contributed by atoms with Gasteiger partial charge in [-0.3, -0.25) is 0 Å². The minimum Gasteiger partial charge on any atom is -0.494 e. The Kier molecular flexibility index (Phi) is 13.5. The molecule has 0 N–H and O–H groups in total. The van der Waals surface area contributed by atoms with E-state index in [9.17, 15) is 0 Å². The molecular weight excluding hydrogens is 328 g/mol. The monoisotopic (exact) mass is 365 g/mol. The van der Waals surface area contributed by atoms with Crippen LogP contribution in [0.2, 0.25) is 0 Å². The van der Waals surface area contributed by atoms with Crippen LogP contribution in [0, 0.1) is 0 Å². The first-order valence-electron chi connectivity index (χ1n) is 10.3. The average Bonchev–Trinajstić information content (AvgIpc) is 2.61. The van der Waals surface area contributed by atoms with Crippen LogP contribution >= 0.6 is 12.6 Å². The Balaban J connectivity index is 2.14. The molecule has 1 rings (SSSR count). The zero-order valence-corrected chi connectivity index (χ0v) is 17.2. The van der Waals surface area contributed by atoms with Gasteiger partial charge in [0.25, 0.3) is 0 Å². The second-order valence-corrected chi connectivity index (χ2v) is 7.28. The van der Waals surface area contributed by atoms with Crippen molar-refractivity contribution >= 4 is 12.6 Å². The maximum atomic E-state index is 5.82. The van der Waals surface area contributed by atoms with Crippen molar-refractivity contribution in [3.8, 4) is 11.5 Å². The molecule has 0 atom stereocenters. The smallest absolute Gasteiger partial charge is 0.137 e. The molecule has 0 aliphatic heterocycles. The minimum absolute atomic E-state index is 0.756. The molecular formula is C22H37O2S. The summed E-state index contributed by atoms with van der Waals surface area (Å²) in [4.78, 5) is 0.756. The van der Waals surface area contributed by atoms with Crippen LogP contribution < -0.4 is 9.47 Å². The predicted molar refractivity (Wildman–Crippen MR) is 110 cm³/mol. The van der Waals surface area contributed by atoms with Gasteiger partial charge in [-0.1, -0.05) is 90.7 Å². The van der Waals surface area contributed by atoms with Crippen LogP contribution in [0.1, 0.15) is 90.9 Å². The second-order valence-electron chi connectivity index (χ2n) is 6.84. The first-order chi connectivity index (χ1) is 12.3. The Hall–Kier alpha value is -0.960. The quantitative estimate of drug-likeness (QED) is 0.279. The van der Waals surface area contributed by atoms with Crippen LogP contribution in [-0.4, -0.2) is 13.2 Å². The molecule has 1 aromatic carbocycles. The summed E-state index contributed by atoms with van der Waals surface area (Å²) >= 11 is 5.42. The van der Waals surface area contributed by atoms with Gasteiger partial charge in [0.05, 0.1) is 18.1 Å². The number of ether oxygens (including phenoxy) is 2. The molecule has 0 saturated carbocycles. The molecule has 0 fully saturated rings. The molecule has 1 aromatic rings. The highest BCUT2D eigenvalue weighted by Gasteiger charge is 2.04. The van der Waals surface area contributed by atoms with Gasteiger partial charge in [-0.05, 0) is 25.0 Å². The second kappa shape index (κ2) is 15.3. The topological polar surface area (TPSA) is 18.5 Å². The zero-order chi connectivity index (χ0) is 18.2. The summed E-state index contributed by atoms with van der Waals surface area (Å²) in [6, 6.07) is 5.85. The van der Waals surface area contributed by atoms with Crippen molar-refractivity contribution in [1.29, 1.82) is 0 Å². The summed E-state index contributed by atoms with van der Waals surface area (Å²) < 4.78 is 11.6. The van der Waals surface area contributed by atoms with Crippen molar-refractivity contribution in [3.05, 3.63) is 18.2 Å². The Labute approximate surface area is 161 Å². The SMILES string of the molecule is CCCCCCCCOc1ccc(OCCCCCCCC)c([S])c1. The molecule has 25 heavy (non-hydrogen) atoms. The van der Waals surface area contributed by atoms with E-state index < -0.39 is 0 Å². The fraction of sp³-hybridized carbons (Fsp3) is 0.727. The van der Waals surface area contributed by atoms with Crippen LogP contribution in [0.15, 0.2) is 23.1 Å². The van der Waals surface area contributed by atoms with E-state index in [1.807, 2.05) is 18.2 Å². The fourth-order valence-electron chi connectivity index (χ4n) is 2.83. The Morgan fingerprint density at radius 2 is 1.20 bits per heavy atom. The van der Waals surface area contributed by atoms with Crippen LogP contribution in [0.25, 0.3) is 0 Å². The van der Waals surface area contributed by atoms with Gasteiger partial charge in [-0.15, -0.1) is 0 Å². The summed E-state index contributed by atoms with van der Waals surface area (Å²) in [6.45, 7) is 6.03. The highest BCUT2D eigenvalue weighted by molar-refractivity contribution is 7.80. The minimum atomic E-state index is 0.756. The van der Waals surface area contributed by atoms with Crippen LogP contribution in [0.5, 0.6) is 11.5 Å². The van der Waals surface area contributed by atoms with Crippen molar-refractivity contribution < 1.29 is 9.47 Å². The highest BCUT2D eigenvalue weighted by atomic mass is 32.1. The summed E-state index contributed by atoms with van der Waals surface area (Å²) in [5, 5.41) is 0. The van der Waals surface area contributed by atoms with Gasteiger partial charge in [0.2, 0.25) is 0 Å². The molecule has 1 radical (unpaired) electrons.